The number of ether oxygens (including phenoxy) is 1. The summed E-state index contributed by atoms with van der Waals surface area (Å²) in [5.41, 5.74) is 2.14. The average Bonchev–Trinajstić information content (AvgIpc) is 2.72. The van der Waals surface area contributed by atoms with Crippen molar-refractivity contribution < 1.29 is 9.26 Å². The molecule has 108 valence electrons. The Morgan fingerprint density at radius 2 is 2.00 bits per heavy atom. The molecule has 20 heavy (non-hydrogen) atoms. The molecule has 2 aromatic rings. The van der Waals surface area contributed by atoms with Gasteiger partial charge in [0.1, 0.15) is 0 Å². The van der Waals surface area contributed by atoms with Gasteiger partial charge in [0.2, 0.25) is 0 Å². The van der Waals surface area contributed by atoms with Crippen LogP contribution in [0.2, 0.25) is 0 Å². The Bertz CT molecular complexity index is 534. The van der Waals surface area contributed by atoms with Gasteiger partial charge in [-0.3, -0.25) is 0 Å². The molecule has 1 aromatic carbocycles. The molecule has 1 saturated heterocycles. The van der Waals surface area contributed by atoms with E-state index in [1.165, 1.54) is 5.56 Å². The van der Waals surface area contributed by atoms with Crippen molar-refractivity contribution in [3.05, 3.63) is 35.7 Å². The van der Waals surface area contributed by atoms with E-state index in [1.807, 2.05) is 19.1 Å². The van der Waals surface area contributed by atoms with Gasteiger partial charge in [-0.1, -0.05) is 17.3 Å². The third kappa shape index (κ3) is 3.36. The molecule has 6 heteroatoms. The minimum atomic E-state index is 0. The zero-order chi connectivity index (χ0) is 13.1. The van der Waals surface area contributed by atoms with Gasteiger partial charge in [-0.2, -0.15) is 4.98 Å². The quantitative estimate of drug-likeness (QED) is 0.922. The zero-order valence-corrected chi connectivity index (χ0v) is 12.2. The number of nitrogens with one attached hydrogen (secondary N) is 1. The van der Waals surface area contributed by atoms with Gasteiger partial charge in [-0.05, 0) is 37.6 Å². The van der Waals surface area contributed by atoms with Crippen LogP contribution in [-0.4, -0.2) is 29.8 Å². The van der Waals surface area contributed by atoms with Crippen molar-refractivity contribution in [3.63, 3.8) is 0 Å². The van der Waals surface area contributed by atoms with E-state index in [9.17, 15) is 0 Å². The van der Waals surface area contributed by atoms with Crippen molar-refractivity contribution >= 4 is 12.4 Å². The topological polar surface area (TPSA) is 60.2 Å². The van der Waals surface area contributed by atoms with Crippen LogP contribution in [0.15, 0.2) is 28.8 Å². The molecule has 1 N–H and O–H groups in total. The summed E-state index contributed by atoms with van der Waals surface area (Å²) in [6.07, 6.45) is 1.17. The fourth-order valence-electron chi connectivity index (χ4n) is 2.23. The lowest BCUT2D eigenvalue weighted by molar-refractivity contribution is 0.0644. The molecule has 1 unspecified atom stereocenters. The van der Waals surface area contributed by atoms with Gasteiger partial charge in [0.05, 0.1) is 12.7 Å². The van der Waals surface area contributed by atoms with Crippen molar-refractivity contribution in [3.8, 4) is 11.5 Å². The molecule has 1 atom stereocenters. The Labute approximate surface area is 124 Å². The maximum atomic E-state index is 5.82. The molecular formula is C14H18ClN3O2. The molecule has 5 nitrogen and oxygen atoms in total. The average molecular weight is 296 g/mol. The number of hydrogen-bond donors (Lipinski definition) is 1. The van der Waals surface area contributed by atoms with Gasteiger partial charge in [0, 0.05) is 12.1 Å². The number of rotatable bonds is 2. The minimum absolute atomic E-state index is 0. The van der Waals surface area contributed by atoms with Crippen LogP contribution < -0.4 is 5.32 Å². The molecular weight excluding hydrogens is 278 g/mol. The maximum Gasteiger partial charge on any atom is 0.257 e. The van der Waals surface area contributed by atoms with Crippen molar-refractivity contribution in [1.82, 2.24) is 15.5 Å². The van der Waals surface area contributed by atoms with Crippen molar-refractivity contribution in [2.75, 3.05) is 19.7 Å². The third-order valence-electron chi connectivity index (χ3n) is 3.24. The van der Waals surface area contributed by atoms with Gasteiger partial charge >= 0.3 is 0 Å². The fourth-order valence-corrected chi connectivity index (χ4v) is 2.23. The summed E-state index contributed by atoms with van der Waals surface area (Å²) in [5, 5.41) is 7.13. The predicted molar refractivity (Wildman–Crippen MR) is 77.9 cm³/mol. The molecule has 1 aromatic heterocycles. The van der Waals surface area contributed by atoms with Crippen LogP contribution in [0.4, 0.5) is 0 Å². The molecule has 0 aliphatic carbocycles. The molecule has 0 radical (unpaired) electrons. The van der Waals surface area contributed by atoms with Gasteiger partial charge < -0.3 is 14.6 Å². The Morgan fingerprint density at radius 1 is 1.20 bits per heavy atom. The summed E-state index contributed by atoms with van der Waals surface area (Å²) in [6, 6.07) is 8.16. The molecule has 0 saturated carbocycles. The van der Waals surface area contributed by atoms with E-state index in [2.05, 4.69) is 27.6 Å². The van der Waals surface area contributed by atoms with Crippen LogP contribution in [-0.2, 0) is 4.74 Å². The van der Waals surface area contributed by atoms with Gasteiger partial charge in [0.25, 0.3) is 5.89 Å². The van der Waals surface area contributed by atoms with Gasteiger partial charge in [-0.25, -0.2) is 0 Å². The predicted octanol–water partition coefficient (Wildman–Crippen LogP) is 2.52. The number of benzene rings is 1. The Kier molecular flexibility index (Phi) is 5.11. The van der Waals surface area contributed by atoms with E-state index in [4.69, 9.17) is 9.26 Å². The smallest absolute Gasteiger partial charge is 0.257 e. The summed E-state index contributed by atoms with van der Waals surface area (Å²) in [6.45, 7) is 4.49. The molecule has 0 spiro atoms. The first-order chi connectivity index (χ1) is 9.33. The standard InChI is InChI=1S/C14H17N3O2.ClH/c1-10-16-14(19-17-10)12-4-2-11(3-5-12)13-6-7-15-8-9-18-13;/h2-5,13,15H,6-9H2,1H3;1H. The lowest BCUT2D eigenvalue weighted by Gasteiger charge is -2.14. The zero-order valence-electron chi connectivity index (χ0n) is 11.3. The maximum absolute atomic E-state index is 5.82. The number of aromatic nitrogens is 2. The lowest BCUT2D eigenvalue weighted by Crippen LogP contribution is -2.16. The molecule has 3 rings (SSSR count). The number of aryl methyl sites for hydroxylation is 1. The third-order valence-corrected chi connectivity index (χ3v) is 3.24. The highest BCUT2D eigenvalue weighted by atomic mass is 35.5. The highest BCUT2D eigenvalue weighted by molar-refractivity contribution is 5.85. The second-order valence-electron chi connectivity index (χ2n) is 4.67. The van der Waals surface area contributed by atoms with Crippen LogP contribution in [0, 0.1) is 6.92 Å². The van der Waals surface area contributed by atoms with Crippen LogP contribution in [0.5, 0.6) is 0 Å². The number of nitrogens with zero attached hydrogens (tertiary/aromatic N) is 2. The largest absolute Gasteiger partial charge is 0.372 e. The molecule has 2 heterocycles. The first-order valence-electron chi connectivity index (χ1n) is 6.56. The highest BCUT2D eigenvalue weighted by Gasteiger charge is 2.15. The minimum Gasteiger partial charge on any atom is -0.372 e. The molecule has 1 fully saturated rings. The first kappa shape index (κ1) is 15.0. The number of hydrogen-bond acceptors (Lipinski definition) is 5. The van der Waals surface area contributed by atoms with E-state index in [0.29, 0.717) is 11.7 Å². The summed E-state index contributed by atoms with van der Waals surface area (Å²) >= 11 is 0. The van der Waals surface area contributed by atoms with Crippen molar-refractivity contribution in [2.24, 2.45) is 0 Å². The van der Waals surface area contributed by atoms with Crippen LogP contribution in [0.3, 0.4) is 0 Å². The second kappa shape index (κ2) is 6.83. The van der Waals surface area contributed by atoms with E-state index in [1.54, 1.807) is 0 Å². The van der Waals surface area contributed by atoms with Gasteiger partial charge in [0.15, 0.2) is 5.82 Å². The SMILES string of the molecule is Cc1noc(-c2ccc(C3CCNCCO3)cc2)n1.Cl. The summed E-state index contributed by atoms with van der Waals surface area (Å²) in [7, 11) is 0. The molecule has 1 aliphatic heterocycles. The Hall–Kier alpha value is -1.43. The fraction of sp³-hybridized carbons (Fsp3) is 0.429. The Morgan fingerprint density at radius 3 is 2.70 bits per heavy atom. The summed E-state index contributed by atoms with van der Waals surface area (Å²) in [4.78, 5) is 4.22. The summed E-state index contributed by atoms with van der Waals surface area (Å²) < 4.78 is 11.0. The lowest BCUT2D eigenvalue weighted by atomic mass is 10.0. The van der Waals surface area contributed by atoms with Crippen LogP contribution in [0.25, 0.3) is 11.5 Å². The van der Waals surface area contributed by atoms with E-state index in [0.717, 1.165) is 31.7 Å². The molecule has 0 amide bonds. The van der Waals surface area contributed by atoms with E-state index < -0.39 is 0 Å². The molecule has 0 bridgehead atoms. The van der Waals surface area contributed by atoms with E-state index in [-0.39, 0.29) is 18.5 Å². The first-order valence-corrected chi connectivity index (χ1v) is 6.56. The van der Waals surface area contributed by atoms with Gasteiger partial charge in [-0.15, -0.1) is 12.4 Å². The summed E-state index contributed by atoms with van der Waals surface area (Å²) in [5.74, 6) is 1.21. The number of halogens is 1. The van der Waals surface area contributed by atoms with Crippen molar-refractivity contribution in [1.29, 1.82) is 0 Å². The Balaban J connectivity index is 0.00000147. The second-order valence-corrected chi connectivity index (χ2v) is 4.67. The van der Waals surface area contributed by atoms with E-state index >= 15 is 0 Å². The van der Waals surface area contributed by atoms with Crippen LogP contribution in [0.1, 0.15) is 23.9 Å². The van der Waals surface area contributed by atoms with Crippen LogP contribution >= 0.6 is 12.4 Å². The normalized spacial score (nSPS) is 19.1. The van der Waals surface area contributed by atoms with Crippen molar-refractivity contribution in [2.45, 2.75) is 19.4 Å². The monoisotopic (exact) mass is 295 g/mol. The molecule has 1 aliphatic rings. The highest BCUT2D eigenvalue weighted by Crippen LogP contribution is 2.25.